The summed E-state index contributed by atoms with van der Waals surface area (Å²) in [6.45, 7) is 0.707. The Morgan fingerprint density at radius 2 is 2.00 bits per heavy atom. The molecule has 3 heteroatoms. The van der Waals surface area contributed by atoms with Crippen LogP contribution in [0.5, 0.6) is 0 Å². The first-order valence-corrected chi connectivity index (χ1v) is 8.92. The molecule has 2 saturated carbocycles. The largest absolute Gasteiger partial charge is 0.330 e. The second-order valence-electron chi connectivity index (χ2n) is 6.51. The SMILES string of the molecule is NCCc1sc(C2CC3CCC2C3)nc1-c1ccccc1. The summed E-state index contributed by atoms with van der Waals surface area (Å²) in [7, 11) is 0. The van der Waals surface area contributed by atoms with Crippen molar-refractivity contribution in [2.45, 2.75) is 38.0 Å². The molecule has 2 aromatic rings. The number of benzene rings is 1. The van der Waals surface area contributed by atoms with Crippen molar-refractivity contribution in [2.75, 3.05) is 6.54 Å². The van der Waals surface area contributed by atoms with Gasteiger partial charge in [0.05, 0.1) is 10.7 Å². The van der Waals surface area contributed by atoms with E-state index in [0.717, 1.165) is 24.2 Å². The van der Waals surface area contributed by atoms with Crippen molar-refractivity contribution in [3.8, 4) is 11.3 Å². The predicted molar refractivity (Wildman–Crippen MR) is 88.5 cm³/mol. The van der Waals surface area contributed by atoms with Gasteiger partial charge in [-0.3, -0.25) is 0 Å². The van der Waals surface area contributed by atoms with Crippen LogP contribution in [0.15, 0.2) is 30.3 Å². The zero-order chi connectivity index (χ0) is 14.2. The van der Waals surface area contributed by atoms with Gasteiger partial charge in [0.25, 0.3) is 0 Å². The third-order valence-corrected chi connectivity index (χ3v) is 6.43. The summed E-state index contributed by atoms with van der Waals surface area (Å²) in [5, 5.41) is 1.38. The van der Waals surface area contributed by atoms with E-state index in [1.54, 1.807) is 0 Å². The maximum absolute atomic E-state index is 5.81. The maximum Gasteiger partial charge on any atom is 0.0969 e. The summed E-state index contributed by atoms with van der Waals surface area (Å²) in [6.07, 6.45) is 6.63. The van der Waals surface area contributed by atoms with E-state index >= 15 is 0 Å². The highest BCUT2D eigenvalue weighted by Gasteiger charge is 2.41. The van der Waals surface area contributed by atoms with E-state index in [1.165, 1.54) is 46.8 Å². The van der Waals surface area contributed by atoms with Crippen molar-refractivity contribution in [3.63, 3.8) is 0 Å². The highest BCUT2D eigenvalue weighted by atomic mass is 32.1. The molecule has 0 saturated heterocycles. The van der Waals surface area contributed by atoms with E-state index in [0.29, 0.717) is 6.54 Å². The first-order chi connectivity index (χ1) is 10.3. The molecular formula is C18H22N2S. The van der Waals surface area contributed by atoms with Gasteiger partial charge in [0.15, 0.2) is 0 Å². The third kappa shape index (κ3) is 2.43. The number of aromatic nitrogens is 1. The summed E-state index contributed by atoms with van der Waals surface area (Å²) < 4.78 is 0. The molecular weight excluding hydrogens is 276 g/mol. The topological polar surface area (TPSA) is 38.9 Å². The Morgan fingerprint density at radius 3 is 2.67 bits per heavy atom. The Labute approximate surface area is 130 Å². The Balaban J connectivity index is 1.70. The van der Waals surface area contributed by atoms with E-state index in [-0.39, 0.29) is 0 Å². The predicted octanol–water partition coefficient (Wildman–Crippen LogP) is 4.21. The number of fused-ring (bicyclic) bond motifs is 2. The van der Waals surface area contributed by atoms with Crippen LogP contribution >= 0.6 is 11.3 Å². The Morgan fingerprint density at radius 1 is 1.14 bits per heavy atom. The van der Waals surface area contributed by atoms with Crippen molar-refractivity contribution < 1.29 is 0 Å². The fourth-order valence-corrected chi connectivity index (χ4v) is 5.51. The van der Waals surface area contributed by atoms with E-state index in [2.05, 4.69) is 30.3 Å². The number of nitrogens with two attached hydrogens (primary N) is 1. The van der Waals surface area contributed by atoms with Gasteiger partial charge in [0.2, 0.25) is 0 Å². The van der Waals surface area contributed by atoms with Gasteiger partial charge in [-0.2, -0.15) is 0 Å². The molecule has 2 aliphatic carbocycles. The van der Waals surface area contributed by atoms with Crippen LogP contribution in [0.4, 0.5) is 0 Å². The average Bonchev–Trinajstić information content (AvgIpc) is 3.23. The maximum atomic E-state index is 5.81. The lowest BCUT2D eigenvalue weighted by Crippen LogP contribution is -2.07. The van der Waals surface area contributed by atoms with Gasteiger partial charge in [0.1, 0.15) is 0 Å². The molecule has 0 amide bonds. The quantitative estimate of drug-likeness (QED) is 0.918. The van der Waals surface area contributed by atoms with Crippen molar-refractivity contribution in [1.82, 2.24) is 4.98 Å². The van der Waals surface area contributed by atoms with E-state index in [4.69, 9.17) is 10.7 Å². The molecule has 21 heavy (non-hydrogen) atoms. The lowest BCUT2D eigenvalue weighted by atomic mass is 9.89. The first kappa shape index (κ1) is 13.5. The smallest absolute Gasteiger partial charge is 0.0969 e. The molecule has 0 aliphatic heterocycles. The zero-order valence-electron chi connectivity index (χ0n) is 12.3. The molecule has 110 valence electrons. The van der Waals surface area contributed by atoms with Gasteiger partial charge >= 0.3 is 0 Å². The Kier molecular flexibility index (Phi) is 3.56. The lowest BCUT2D eigenvalue weighted by molar-refractivity contribution is 0.419. The molecule has 2 aliphatic rings. The Hall–Kier alpha value is -1.19. The average molecular weight is 298 g/mol. The fraction of sp³-hybridized carbons (Fsp3) is 0.500. The number of nitrogens with zero attached hydrogens (tertiary/aromatic N) is 1. The van der Waals surface area contributed by atoms with Crippen LogP contribution in [0.1, 0.15) is 41.5 Å². The minimum Gasteiger partial charge on any atom is -0.330 e. The molecule has 2 nitrogen and oxygen atoms in total. The first-order valence-electron chi connectivity index (χ1n) is 8.10. The van der Waals surface area contributed by atoms with Crippen LogP contribution in [0.3, 0.4) is 0 Å². The molecule has 2 N–H and O–H groups in total. The van der Waals surface area contributed by atoms with Gasteiger partial charge in [-0.1, -0.05) is 36.8 Å². The van der Waals surface area contributed by atoms with Crippen molar-refractivity contribution in [3.05, 3.63) is 40.2 Å². The molecule has 3 atom stereocenters. The van der Waals surface area contributed by atoms with Gasteiger partial charge in [-0.05, 0) is 44.1 Å². The second-order valence-corrected chi connectivity index (χ2v) is 7.63. The number of thiazole rings is 1. The Bertz CT molecular complexity index is 619. The monoisotopic (exact) mass is 298 g/mol. The van der Waals surface area contributed by atoms with Gasteiger partial charge < -0.3 is 5.73 Å². The highest BCUT2D eigenvalue weighted by Crippen LogP contribution is 2.54. The summed E-state index contributed by atoms with van der Waals surface area (Å²) in [4.78, 5) is 6.44. The van der Waals surface area contributed by atoms with Crippen molar-refractivity contribution in [1.29, 1.82) is 0 Å². The molecule has 1 heterocycles. The second kappa shape index (κ2) is 5.54. The minimum atomic E-state index is 0.707. The van der Waals surface area contributed by atoms with Crippen LogP contribution < -0.4 is 5.73 Å². The summed E-state index contributed by atoms with van der Waals surface area (Å²) >= 11 is 1.92. The molecule has 0 spiro atoms. The van der Waals surface area contributed by atoms with E-state index in [1.807, 2.05) is 11.3 Å². The molecule has 0 radical (unpaired) electrons. The number of hydrogen-bond donors (Lipinski definition) is 1. The van der Waals surface area contributed by atoms with Gasteiger partial charge in [-0.15, -0.1) is 11.3 Å². The molecule has 1 aromatic carbocycles. The van der Waals surface area contributed by atoms with Crippen molar-refractivity contribution in [2.24, 2.45) is 17.6 Å². The van der Waals surface area contributed by atoms with Gasteiger partial charge in [-0.25, -0.2) is 4.98 Å². The molecule has 1 aromatic heterocycles. The third-order valence-electron chi connectivity index (χ3n) is 5.19. The number of rotatable bonds is 4. The summed E-state index contributed by atoms with van der Waals surface area (Å²) in [5.74, 6) is 2.60. The van der Waals surface area contributed by atoms with Crippen LogP contribution in [0, 0.1) is 11.8 Å². The van der Waals surface area contributed by atoms with Crippen LogP contribution in [-0.4, -0.2) is 11.5 Å². The zero-order valence-corrected chi connectivity index (χ0v) is 13.1. The summed E-state index contributed by atoms with van der Waals surface area (Å²) in [6, 6.07) is 10.6. The molecule has 3 unspecified atom stereocenters. The minimum absolute atomic E-state index is 0.707. The van der Waals surface area contributed by atoms with Crippen molar-refractivity contribution >= 4 is 11.3 Å². The molecule has 2 bridgehead atoms. The van der Waals surface area contributed by atoms with Crippen LogP contribution in [0.2, 0.25) is 0 Å². The number of hydrogen-bond acceptors (Lipinski definition) is 3. The molecule has 4 rings (SSSR count). The van der Waals surface area contributed by atoms with Crippen LogP contribution in [-0.2, 0) is 6.42 Å². The van der Waals surface area contributed by atoms with Crippen LogP contribution in [0.25, 0.3) is 11.3 Å². The molecule has 2 fully saturated rings. The van der Waals surface area contributed by atoms with Gasteiger partial charge in [0, 0.05) is 16.4 Å². The fourth-order valence-electron chi connectivity index (χ4n) is 4.20. The highest BCUT2D eigenvalue weighted by molar-refractivity contribution is 7.12. The summed E-state index contributed by atoms with van der Waals surface area (Å²) in [5.41, 5.74) is 8.24. The normalized spacial score (nSPS) is 27.4. The van der Waals surface area contributed by atoms with E-state index < -0.39 is 0 Å². The standard InChI is InChI=1S/C18H22N2S/c19-9-8-16-17(13-4-2-1-3-5-13)20-18(21-16)15-11-12-6-7-14(15)10-12/h1-5,12,14-15H,6-11,19H2. The lowest BCUT2D eigenvalue weighted by Gasteiger charge is -2.18. The van der Waals surface area contributed by atoms with E-state index in [9.17, 15) is 0 Å².